The highest BCUT2D eigenvalue weighted by Gasteiger charge is 2.27. The second kappa shape index (κ2) is 2.23. The van der Waals surface area contributed by atoms with Crippen LogP contribution >= 0.6 is 11.8 Å². The molecule has 1 unspecified atom stereocenters. The molecular formula is C10H6NS. The summed E-state index contributed by atoms with van der Waals surface area (Å²) >= 11 is 1.61. The van der Waals surface area contributed by atoms with Crippen LogP contribution in [0.3, 0.4) is 0 Å². The molecule has 0 spiro atoms. The fourth-order valence-corrected chi connectivity index (χ4v) is 2.37. The van der Waals surface area contributed by atoms with Gasteiger partial charge in [-0.25, -0.2) is 0 Å². The zero-order valence-electron chi connectivity index (χ0n) is 6.32. The largest absolute Gasteiger partial charge is 0.262 e. The van der Waals surface area contributed by atoms with E-state index < -0.39 is 0 Å². The molecule has 0 aromatic heterocycles. The van der Waals surface area contributed by atoms with Gasteiger partial charge in [-0.2, -0.15) is 0 Å². The maximum atomic E-state index is 4.28. The van der Waals surface area contributed by atoms with Gasteiger partial charge in [0.25, 0.3) is 0 Å². The van der Waals surface area contributed by atoms with Crippen molar-refractivity contribution < 1.29 is 0 Å². The molecule has 1 aromatic carbocycles. The van der Waals surface area contributed by atoms with E-state index in [1.54, 1.807) is 11.8 Å². The number of hydrogen-bond donors (Lipinski definition) is 0. The average molecular weight is 172 g/mol. The number of benzene rings is 1. The van der Waals surface area contributed by atoms with Gasteiger partial charge in [-0.1, -0.05) is 36.0 Å². The molecule has 1 heterocycles. The lowest BCUT2D eigenvalue weighted by molar-refractivity contribution is 0.937. The summed E-state index contributed by atoms with van der Waals surface area (Å²) in [5, 5.41) is 0. The molecule has 0 fully saturated rings. The maximum absolute atomic E-state index is 4.28. The molecule has 0 amide bonds. The van der Waals surface area contributed by atoms with Gasteiger partial charge in [0.2, 0.25) is 0 Å². The van der Waals surface area contributed by atoms with Gasteiger partial charge < -0.3 is 0 Å². The summed E-state index contributed by atoms with van der Waals surface area (Å²) in [4.78, 5) is 5.60. The highest BCUT2D eigenvalue weighted by Crippen LogP contribution is 2.45. The lowest BCUT2D eigenvalue weighted by Gasteiger charge is -2.02. The second-order valence-corrected chi connectivity index (χ2v) is 3.76. The smallest absolute Gasteiger partial charge is 0.128 e. The molecule has 0 saturated heterocycles. The van der Waals surface area contributed by atoms with Crippen molar-refractivity contribution in [2.24, 2.45) is 4.99 Å². The number of fused-ring (bicyclic) bond motifs is 3. The summed E-state index contributed by atoms with van der Waals surface area (Å²) in [6.45, 7) is 0. The van der Waals surface area contributed by atoms with Gasteiger partial charge in [-0.3, -0.25) is 4.99 Å². The molecule has 2 aliphatic rings. The molecule has 1 radical (unpaired) electrons. The maximum Gasteiger partial charge on any atom is 0.128 e. The van der Waals surface area contributed by atoms with Crippen LogP contribution in [0.4, 0.5) is 0 Å². The molecule has 0 bridgehead atoms. The van der Waals surface area contributed by atoms with Crippen molar-refractivity contribution in [3.8, 4) is 0 Å². The Morgan fingerprint density at radius 2 is 2.25 bits per heavy atom. The summed E-state index contributed by atoms with van der Waals surface area (Å²) < 4.78 is 0. The van der Waals surface area contributed by atoms with Gasteiger partial charge in [0, 0.05) is 4.91 Å². The van der Waals surface area contributed by atoms with Crippen molar-refractivity contribution in [2.45, 2.75) is 6.04 Å². The second-order valence-electron chi connectivity index (χ2n) is 2.90. The molecule has 12 heavy (non-hydrogen) atoms. The van der Waals surface area contributed by atoms with Crippen LogP contribution in [-0.2, 0) is 0 Å². The number of thioether (sulfide) groups is 1. The Labute approximate surface area is 75.2 Å². The molecule has 1 aromatic rings. The lowest BCUT2D eigenvalue weighted by atomic mass is 10.1. The third-order valence-corrected chi connectivity index (χ3v) is 2.98. The highest BCUT2D eigenvalue weighted by atomic mass is 32.2. The topological polar surface area (TPSA) is 12.4 Å². The minimum atomic E-state index is 0.270. The molecule has 1 atom stereocenters. The van der Waals surface area contributed by atoms with Crippen molar-refractivity contribution in [3.63, 3.8) is 0 Å². The van der Waals surface area contributed by atoms with Crippen LogP contribution in [0.1, 0.15) is 17.2 Å². The minimum Gasteiger partial charge on any atom is -0.262 e. The normalized spacial score (nSPS) is 23.7. The van der Waals surface area contributed by atoms with Gasteiger partial charge in [-0.15, -0.1) is 0 Å². The third kappa shape index (κ3) is 0.730. The van der Waals surface area contributed by atoms with Crippen LogP contribution < -0.4 is 0 Å². The molecule has 1 aliphatic carbocycles. The Hall–Kier alpha value is -1.02. The van der Waals surface area contributed by atoms with E-state index in [9.17, 15) is 0 Å². The van der Waals surface area contributed by atoms with Gasteiger partial charge in [-0.05, 0) is 17.2 Å². The first kappa shape index (κ1) is 6.49. The number of aliphatic imine (C=N–C) groups is 1. The first-order chi connectivity index (χ1) is 5.95. The van der Waals surface area contributed by atoms with Crippen molar-refractivity contribution >= 4 is 23.4 Å². The summed E-state index contributed by atoms with van der Waals surface area (Å²) in [5.74, 6) is 0. The van der Waals surface area contributed by atoms with Crippen LogP contribution in [0.15, 0.2) is 34.2 Å². The quantitative estimate of drug-likeness (QED) is 0.586. The molecule has 2 heteroatoms. The Bertz CT molecular complexity index is 393. The van der Waals surface area contributed by atoms with Gasteiger partial charge >= 0.3 is 0 Å². The van der Waals surface area contributed by atoms with Gasteiger partial charge in [0.1, 0.15) is 11.6 Å². The Morgan fingerprint density at radius 1 is 1.33 bits per heavy atom. The fraction of sp³-hybridized carbons (Fsp3) is 0.100. The zero-order chi connectivity index (χ0) is 7.97. The van der Waals surface area contributed by atoms with Gasteiger partial charge in [0.05, 0.1) is 0 Å². The van der Waals surface area contributed by atoms with E-state index >= 15 is 0 Å². The van der Waals surface area contributed by atoms with Crippen molar-refractivity contribution in [1.29, 1.82) is 0 Å². The molecule has 0 N–H and O–H groups in total. The Kier molecular flexibility index (Phi) is 1.21. The molecular weight excluding hydrogens is 166 g/mol. The SMILES string of the molecule is [C]1=NC2C(=Cc3ccccc32)S1. The first-order valence-corrected chi connectivity index (χ1v) is 4.69. The summed E-state index contributed by atoms with van der Waals surface area (Å²) in [7, 11) is 0. The van der Waals surface area contributed by atoms with E-state index in [2.05, 4.69) is 40.9 Å². The molecule has 1 aliphatic heterocycles. The van der Waals surface area contributed by atoms with E-state index in [0.717, 1.165) is 0 Å². The van der Waals surface area contributed by atoms with Crippen molar-refractivity contribution in [1.82, 2.24) is 0 Å². The zero-order valence-corrected chi connectivity index (χ0v) is 7.14. The first-order valence-electron chi connectivity index (χ1n) is 3.87. The summed E-state index contributed by atoms with van der Waals surface area (Å²) in [6.07, 6.45) is 2.20. The Balaban J connectivity index is 2.23. The monoisotopic (exact) mass is 172 g/mol. The summed E-state index contributed by atoms with van der Waals surface area (Å²) in [5.41, 5.74) is 5.58. The number of hydrogen-bond acceptors (Lipinski definition) is 2. The molecule has 3 rings (SSSR count). The van der Waals surface area contributed by atoms with E-state index in [1.165, 1.54) is 16.0 Å². The van der Waals surface area contributed by atoms with Crippen LogP contribution in [0.2, 0.25) is 0 Å². The van der Waals surface area contributed by atoms with E-state index in [4.69, 9.17) is 0 Å². The van der Waals surface area contributed by atoms with Crippen LogP contribution in [0, 0.1) is 0 Å². The van der Waals surface area contributed by atoms with Gasteiger partial charge in [0.15, 0.2) is 0 Å². The highest BCUT2D eigenvalue weighted by molar-refractivity contribution is 8.15. The summed E-state index contributed by atoms with van der Waals surface area (Å²) in [6, 6.07) is 8.67. The lowest BCUT2D eigenvalue weighted by Crippen LogP contribution is -1.87. The van der Waals surface area contributed by atoms with E-state index in [1.807, 2.05) is 0 Å². The minimum absolute atomic E-state index is 0.270. The van der Waals surface area contributed by atoms with Crippen molar-refractivity contribution in [2.75, 3.05) is 0 Å². The number of nitrogens with zero attached hydrogens (tertiary/aromatic N) is 1. The predicted molar refractivity (Wildman–Crippen MR) is 52.2 cm³/mol. The third-order valence-electron chi connectivity index (χ3n) is 2.20. The van der Waals surface area contributed by atoms with Crippen molar-refractivity contribution in [3.05, 3.63) is 40.3 Å². The molecule has 57 valence electrons. The van der Waals surface area contributed by atoms with E-state index in [0.29, 0.717) is 0 Å². The van der Waals surface area contributed by atoms with Crippen LogP contribution in [0.25, 0.3) is 6.08 Å². The molecule has 0 saturated carbocycles. The standard InChI is InChI=1S/C10H6NS/c1-2-4-8-7(3-1)5-9-10(8)11-6-12-9/h1-5,10H. The number of rotatable bonds is 0. The Morgan fingerprint density at radius 3 is 3.25 bits per heavy atom. The fourth-order valence-electron chi connectivity index (χ4n) is 1.63. The van der Waals surface area contributed by atoms with E-state index in [-0.39, 0.29) is 6.04 Å². The molecule has 1 nitrogen and oxygen atoms in total. The van der Waals surface area contributed by atoms with Crippen LogP contribution in [0.5, 0.6) is 0 Å². The average Bonchev–Trinajstić information content (AvgIpc) is 2.62. The van der Waals surface area contributed by atoms with Crippen LogP contribution in [-0.4, -0.2) is 5.55 Å². The predicted octanol–water partition coefficient (Wildman–Crippen LogP) is 2.73.